The van der Waals surface area contributed by atoms with E-state index < -0.39 is 0 Å². The molecule has 2 rings (SSSR count). The molecule has 1 saturated heterocycles. The standard InChI is InChI=1S/C13H26N2O/c14-13(6-2-3-7-13)8-9-15-11-12-5-1-4-10-16-12/h12,15H,1-11,14H2. The minimum absolute atomic E-state index is 0.139. The van der Waals surface area contributed by atoms with Crippen LogP contribution in [0.25, 0.3) is 0 Å². The Bertz CT molecular complexity index is 196. The minimum atomic E-state index is 0.139. The molecular weight excluding hydrogens is 200 g/mol. The Morgan fingerprint density at radius 2 is 2.00 bits per heavy atom. The van der Waals surface area contributed by atoms with Crippen molar-refractivity contribution in [2.75, 3.05) is 19.7 Å². The summed E-state index contributed by atoms with van der Waals surface area (Å²) in [5, 5.41) is 3.50. The zero-order chi connectivity index (χ0) is 11.3. The SMILES string of the molecule is NC1(CCNCC2CCCCO2)CCCC1. The highest BCUT2D eigenvalue weighted by Gasteiger charge is 2.28. The summed E-state index contributed by atoms with van der Waals surface area (Å²) in [6.45, 7) is 3.01. The Morgan fingerprint density at radius 3 is 2.69 bits per heavy atom. The van der Waals surface area contributed by atoms with Gasteiger partial charge in [0.2, 0.25) is 0 Å². The van der Waals surface area contributed by atoms with E-state index >= 15 is 0 Å². The van der Waals surface area contributed by atoms with Gasteiger partial charge in [-0.25, -0.2) is 0 Å². The fraction of sp³-hybridized carbons (Fsp3) is 1.00. The average Bonchev–Trinajstić information content (AvgIpc) is 2.74. The lowest BCUT2D eigenvalue weighted by Gasteiger charge is -2.26. The number of nitrogens with two attached hydrogens (primary N) is 1. The van der Waals surface area contributed by atoms with Crippen LogP contribution < -0.4 is 11.1 Å². The molecule has 0 aromatic carbocycles. The maximum absolute atomic E-state index is 6.31. The van der Waals surface area contributed by atoms with Crippen molar-refractivity contribution in [3.63, 3.8) is 0 Å². The highest BCUT2D eigenvalue weighted by molar-refractivity contribution is 4.89. The molecule has 0 bridgehead atoms. The second kappa shape index (κ2) is 5.99. The fourth-order valence-corrected chi connectivity index (χ4v) is 2.90. The summed E-state index contributed by atoms with van der Waals surface area (Å²) in [5.41, 5.74) is 6.45. The van der Waals surface area contributed by atoms with Crippen molar-refractivity contribution < 1.29 is 4.74 Å². The number of nitrogens with one attached hydrogen (secondary N) is 1. The maximum Gasteiger partial charge on any atom is 0.0699 e. The molecule has 1 heterocycles. The van der Waals surface area contributed by atoms with E-state index in [1.165, 1.54) is 44.9 Å². The third-order valence-corrected chi connectivity index (χ3v) is 4.05. The van der Waals surface area contributed by atoms with Crippen molar-refractivity contribution >= 4 is 0 Å². The molecule has 0 aromatic rings. The summed E-state index contributed by atoms with van der Waals surface area (Å²) in [4.78, 5) is 0. The Kier molecular flexibility index (Phi) is 4.62. The van der Waals surface area contributed by atoms with Crippen molar-refractivity contribution in [3.8, 4) is 0 Å². The molecule has 1 aliphatic carbocycles. The number of hydrogen-bond acceptors (Lipinski definition) is 3. The summed E-state index contributed by atoms with van der Waals surface area (Å²) in [6.07, 6.45) is 10.4. The molecular formula is C13H26N2O. The zero-order valence-corrected chi connectivity index (χ0v) is 10.3. The lowest BCUT2D eigenvalue weighted by atomic mass is 9.95. The van der Waals surface area contributed by atoms with Gasteiger partial charge < -0.3 is 15.8 Å². The first-order valence-electron chi connectivity index (χ1n) is 6.90. The third-order valence-electron chi connectivity index (χ3n) is 4.05. The second-order valence-corrected chi connectivity index (χ2v) is 5.51. The number of ether oxygens (including phenoxy) is 1. The number of rotatable bonds is 5. The van der Waals surface area contributed by atoms with E-state index in [0.29, 0.717) is 6.10 Å². The average molecular weight is 226 g/mol. The topological polar surface area (TPSA) is 47.3 Å². The lowest BCUT2D eigenvalue weighted by Crippen LogP contribution is -2.41. The molecule has 2 aliphatic rings. The van der Waals surface area contributed by atoms with Gasteiger partial charge in [-0.1, -0.05) is 12.8 Å². The molecule has 3 nitrogen and oxygen atoms in total. The normalized spacial score (nSPS) is 29.4. The van der Waals surface area contributed by atoms with E-state index in [0.717, 1.165) is 26.1 Å². The highest BCUT2D eigenvalue weighted by atomic mass is 16.5. The van der Waals surface area contributed by atoms with E-state index in [1.807, 2.05) is 0 Å². The second-order valence-electron chi connectivity index (χ2n) is 5.51. The van der Waals surface area contributed by atoms with Gasteiger partial charge in [0.25, 0.3) is 0 Å². The molecule has 1 atom stereocenters. The molecule has 94 valence electrons. The van der Waals surface area contributed by atoms with Crippen molar-refractivity contribution in [1.29, 1.82) is 0 Å². The van der Waals surface area contributed by atoms with Crippen LogP contribution in [-0.4, -0.2) is 31.3 Å². The summed E-state index contributed by atoms with van der Waals surface area (Å²) < 4.78 is 5.68. The van der Waals surface area contributed by atoms with Gasteiger partial charge in [0.05, 0.1) is 6.10 Å². The predicted octanol–water partition coefficient (Wildman–Crippen LogP) is 1.81. The minimum Gasteiger partial charge on any atom is -0.377 e. The van der Waals surface area contributed by atoms with Crippen LogP contribution in [-0.2, 0) is 4.74 Å². The van der Waals surface area contributed by atoms with Crippen LogP contribution in [0.2, 0.25) is 0 Å². The molecule has 1 saturated carbocycles. The molecule has 3 N–H and O–H groups in total. The van der Waals surface area contributed by atoms with Crippen LogP contribution in [0.5, 0.6) is 0 Å². The third kappa shape index (κ3) is 3.72. The van der Waals surface area contributed by atoms with Gasteiger partial charge in [-0.3, -0.25) is 0 Å². The van der Waals surface area contributed by atoms with Crippen LogP contribution in [0.3, 0.4) is 0 Å². The molecule has 0 amide bonds. The van der Waals surface area contributed by atoms with E-state index in [4.69, 9.17) is 10.5 Å². The summed E-state index contributed by atoms with van der Waals surface area (Å²) in [7, 11) is 0. The molecule has 16 heavy (non-hydrogen) atoms. The summed E-state index contributed by atoms with van der Waals surface area (Å²) >= 11 is 0. The quantitative estimate of drug-likeness (QED) is 0.703. The molecule has 0 radical (unpaired) electrons. The van der Waals surface area contributed by atoms with Gasteiger partial charge in [0.15, 0.2) is 0 Å². The first-order chi connectivity index (χ1) is 7.79. The van der Waals surface area contributed by atoms with Crippen molar-refractivity contribution in [2.24, 2.45) is 5.73 Å². The van der Waals surface area contributed by atoms with Gasteiger partial charge in [0, 0.05) is 18.7 Å². The van der Waals surface area contributed by atoms with E-state index in [-0.39, 0.29) is 5.54 Å². The molecule has 1 unspecified atom stereocenters. The zero-order valence-electron chi connectivity index (χ0n) is 10.3. The Hall–Kier alpha value is -0.120. The molecule has 3 heteroatoms. The predicted molar refractivity (Wildman–Crippen MR) is 66.5 cm³/mol. The van der Waals surface area contributed by atoms with Crippen molar-refractivity contribution in [1.82, 2.24) is 5.32 Å². The molecule has 1 aliphatic heterocycles. The first-order valence-corrected chi connectivity index (χ1v) is 6.90. The fourth-order valence-electron chi connectivity index (χ4n) is 2.90. The molecule has 0 spiro atoms. The van der Waals surface area contributed by atoms with Crippen LogP contribution in [0.4, 0.5) is 0 Å². The van der Waals surface area contributed by atoms with Gasteiger partial charge in [-0.05, 0) is 45.1 Å². The Labute approximate surface area is 99.1 Å². The maximum atomic E-state index is 6.31. The van der Waals surface area contributed by atoms with Gasteiger partial charge in [-0.2, -0.15) is 0 Å². The first kappa shape index (κ1) is 12.3. The van der Waals surface area contributed by atoms with Crippen molar-refractivity contribution in [3.05, 3.63) is 0 Å². The van der Waals surface area contributed by atoms with Crippen LogP contribution in [0.15, 0.2) is 0 Å². The van der Waals surface area contributed by atoms with Crippen LogP contribution >= 0.6 is 0 Å². The van der Waals surface area contributed by atoms with Crippen LogP contribution in [0.1, 0.15) is 51.4 Å². The summed E-state index contributed by atoms with van der Waals surface area (Å²) in [6, 6.07) is 0. The van der Waals surface area contributed by atoms with Gasteiger partial charge in [0.1, 0.15) is 0 Å². The molecule has 0 aromatic heterocycles. The largest absolute Gasteiger partial charge is 0.377 e. The van der Waals surface area contributed by atoms with E-state index in [2.05, 4.69) is 5.32 Å². The van der Waals surface area contributed by atoms with Crippen molar-refractivity contribution in [2.45, 2.75) is 63.0 Å². The smallest absolute Gasteiger partial charge is 0.0699 e. The number of hydrogen-bond donors (Lipinski definition) is 2. The van der Waals surface area contributed by atoms with Gasteiger partial charge in [-0.15, -0.1) is 0 Å². The molecule has 2 fully saturated rings. The van der Waals surface area contributed by atoms with Crippen LogP contribution in [0, 0.1) is 0 Å². The van der Waals surface area contributed by atoms with Gasteiger partial charge >= 0.3 is 0 Å². The lowest BCUT2D eigenvalue weighted by molar-refractivity contribution is 0.0168. The highest BCUT2D eigenvalue weighted by Crippen LogP contribution is 2.29. The van der Waals surface area contributed by atoms with E-state index in [9.17, 15) is 0 Å². The Morgan fingerprint density at radius 1 is 1.19 bits per heavy atom. The summed E-state index contributed by atoms with van der Waals surface area (Å²) in [5.74, 6) is 0. The van der Waals surface area contributed by atoms with E-state index in [1.54, 1.807) is 0 Å². The monoisotopic (exact) mass is 226 g/mol. The Balaban J connectivity index is 1.54.